The predicted octanol–water partition coefficient (Wildman–Crippen LogP) is 4.05. The molecule has 13 heteroatoms. The minimum atomic E-state index is -4.96. The van der Waals surface area contributed by atoms with Gasteiger partial charge < -0.3 is 9.84 Å². The first kappa shape index (κ1) is 27.9. The van der Waals surface area contributed by atoms with Crippen LogP contribution in [0.4, 0.5) is 13.2 Å². The van der Waals surface area contributed by atoms with Crippen molar-refractivity contribution in [3.8, 4) is 5.75 Å². The Kier molecular flexibility index (Phi) is 8.06. The first-order valence-electron chi connectivity index (χ1n) is 11.1. The normalized spacial score (nSPS) is 16.6. The molecule has 0 saturated heterocycles. The van der Waals surface area contributed by atoms with E-state index in [1.807, 2.05) is 0 Å². The Morgan fingerprint density at radius 1 is 1.14 bits per heavy atom. The van der Waals surface area contributed by atoms with Crippen LogP contribution in [0.2, 0.25) is 0 Å². The van der Waals surface area contributed by atoms with Gasteiger partial charge in [-0.3, -0.25) is 0 Å². The second-order valence-corrected chi connectivity index (χ2v) is 12.6. The van der Waals surface area contributed by atoms with Crippen LogP contribution < -0.4 is 4.74 Å². The molecule has 0 unspecified atom stereocenters. The molecule has 1 N–H and O–H groups in total. The molecule has 198 valence electrons. The van der Waals surface area contributed by atoms with Crippen molar-refractivity contribution in [2.45, 2.75) is 54.6 Å². The summed E-state index contributed by atoms with van der Waals surface area (Å²) in [7, 11) is -7.49. The maximum absolute atomic E-state index is 13.6. The van der Waals surface area contributed by atoms with Crippen LogP contribution in [-0.2, 0) is 37.3 Å². The summed E-state index contributed by atoms with van der Waals surface area (Å²) in [6.45, 7) is 0.958. The van der Waals surface area contributed by atoms with Gasteiger partial charge in [0, 0.05) is 7.05 Å². The van der Waals surface area contributed by atoms with Crippen molar-refractivity contribution >= 4 is 25.8 Å². The van der Waals surface area contributed by atoms with Gasteiger partial charge in [-0.1, -0.05) is 19.1 Å². The Labute approximate surface area is 207 Å². The molecular formula is C23H26F3NO7S2. The summed E-state index contributed by atoms with van der Waals surface area (Å²) in [6.07, 6.45) is -3.45. The van der Waals surface area contributed by atoms with E-state index in [0.717, 1.165) is 10.4 Å². The molecular weight excluding hydrogens is 523 g/mol. The number of sulfone groups is 1. The largest absolute Gasteiger partial charge is 0.482 e. The molecule has 36 heavy (non-hydrogen) atoms. The highest BCUT2D eigenvalue weighted by atomic mass is 32.2. The third-order valence-electron chi connectivity index (χ3n) is 5.94. The van der Waals surface area contributed by atoms with Crippen LogP contribution in [0.25, 0.3) is 0 Å². The van der Waals surface area contributed by atoms with Gasteiger partial charge in [-0.05, 0) is 61.1 Å². The molecule has 0 bridgehead atoms. The van der Waals surface area contributed by atoms with Crippen LogP contribution >= 0.6 is 0 Å². The molecule has 0 aliphatic heterocycles. The van der Waals surface area contributed by atoms with Crippen LogP contribution in [0.5, 0.6) is 5.75 Å². The summed E-state index contributed by atoms with van der Waals surface area (Å²) in [5.74, 6) is -1.32. The van der Waals surface area contributed by atoms with Gasteiger partial charge in [-0.25, -0.2) is 21.6 Å². The van der Waals surface area contributed by atoms with Gasteiger partial charge in [-0.15, -0.1) is 0 Å². The van der Waals surface area contributed by atoms with Gasteiger partial charge in [0.1, 0.15) is 5.75 Å². The number of carbonyl (C=O) groups is 1. The van der Waals surface area contributed by atoms with E-state index in [0.29, 0.717) is 42.5 Å². The maximum Gasteiger partial charge on any atom is 0.416 e. The summed E-state index contributed by atoms with van der Waals surface area (Å²) in [5, 5.41) is 8.91. The SMILES string of the molecule is CCCS(=O)(=O)c1cc(C(F)(F)F)cc(S(=O)(=O)N(C)[C@@H]2CCCc3c(OCC(=O)O)cccc32)c1. The van der Waals surface area contributed by atoms with Gasteiger partial charge in [0.05, 0.1) is 27.1 Å². The van der Waals surface area contributed by atoms with E-state index in [-0.39, 0.29) is 12.2 Å². The third kappa shape index (κ3) is 5.84. The molecule has 2 aromatic carbocycles. The number of carboxylic acid groups (broad SMARTS) is 1. The molecule has 0 heterocycles. The fourth-order valence-corrected chi connectivity index (χ4v) is 7.13. The highest BCUT2D eigenvalue weighted by molar-refractivity contribution is 7.91. The van der Waals surface area contributed by atoms with Crippen LogP contribution in [0.1, 0.15) is 48.9 Å². The average Bonchev–Trinajstić information content (AvgIpc) is 2.80. The molecule has 1 atom stereocenters. The molecule has 0 radical (unpaired) electrons. The summed E-state index contributed by atoms with van der Waals surface area (Å²) in [4.78, 5) is 9.42. The molecule has 0 saturated carbocycles. The Bertz CT molecular complexity index is 1360. The van der Waals surface area contributed by atoms with Crippen molar-refractivity contribution in [1.29, 1.82) is 0 Å². The highest BCUT2D eigenvalue weighted by Gasteiger charge is 2.37. The zero-order valence-corrected chi connectivity index (χ0v) is 21.2. The zero-order valence-electron chi connectivity index (χ0n) is 19.6. The average molecular weight is 550 g/mol. The van der Waals surface area contributed by atoms with Crippen molar-refractivity contribution in [1.82, 2.24) is 4.31 Å². The first-order valence-corrected chi connectivity index (χ1v) is 14.2. The molecule has 0 fully saturated rings. The van der Waals surface area contributed by atoms with Crippen LogP contribution in [-0.4, -0.2) is 51.6 Å². The molecule has 0 spiro atoms. The number of fused-ring (bicyclic) bond motifs is 1. The highest BCUT2D eigenvalue weighted by Crippen LogP contribution is 2.41. The third-order valence-corrected chi connectivity index (χ3v) is 9.68. The Balaban J connectivity index is 2.08. The number of alkyl halides is 3. The van der Waals surface area contributed by atoms with Crippen LogP contribution in [0.15, 0.2) is 46.2 Å². The van der Waals surface area contributed by atoms with E-state index >= 15 is 0 Å². The van der Waals surface area contributed by atoms with Crippen molar-refractivity contribution < 1.29 is 44.6 Å². The molecule has 3 rings (SSSR count). The number of sulfonamides is 1. The fraction of sp³-hybridized carbons (Fsp3) is 0.435. The lowest BCUT2D eigenvalue weighted by molar-refractivity contribution is -0.139. The minimum absolute atomic E-state index is 0.145. The van der Waals surface area contributed by atoms with Crippen molar-refractivity contribution in [2.75, 3.05) is 19.4 Å². The quantitative estimate of drug-likeness (QED) is 0.501. The summed E-state index contributed by atoms with van der Waals surface area (Å²) < 4.78 is 99.1. The van der Waals surface area contributed by atoms with Gasteiger partial charge >= 0.3 is 12.1 Å². The Morgan fingerprint density at radius 2 is 1.81 bits per heavy atom. The van der Waals surface area contributed by atoms with Crippen LogP contribution in [0.3, 0.4) is 0 Å². The number of nitrogens with zero attached hydrogens (tertiary/aromatic N) is 1. The smallest absolute Gasteiger partial charge is 0.416 e. The Morgan fingerprint density at radius 3 is 2.42 bits per heavy atom. The molecule has 0 aromatic heterocycles. The van der Waals surface area contributed by atoms with E-state index in [1.54, 1.807) is 25.1 Å². The molecule has 1 aliphatic rings. The topological polar surface area (TPSA) is 118 Å². The molecule has 0 amide bonds. The van der Waals surface area contributed by atoms with E-state index < -0.39 is 65.8 Å². The second kappa shape index (κ2) is 10.4. The number of benzene rings is 2. The van der Waals surface area contributed by atoms with E-state index in [1.165, 1.54) is 7.05 Å². The van der Waals surface area contributed by atoms with Crippen molar-refractivity contribution in [2.24, 2.45) is 0 Å². The summed E-state index contributed by atoms with van der Waals surface area (Å²) in [5.41, 5.74) is -0.214. The maximum atomic E-state index is 13.6. The van der Waals surface area contributed by atoms with Gasteiger partial charge in [0.25, 0.3) is 0 Å². The van der Waals surface area contributed by atoms with E-state index in [9.17, 15) is 34.8 Å². The summed E-state index contributed by atoms with van der Waals surface area (Å²) in [6, 6.07) is 5.67. The van der Waals surface area contributed by atoms with Crippen molar-refractivity contribution in [3.05, 3.63) is 53.1 Å². The molecule has 2 aromatic rings. The number of aliphatic carboxylic acids is 1. The summed E-state index contributed by atoms with van der Waals surface area (Å²) >= 11 is 0. The van der Waals surface area contributed by atoms with Gasteiger partial charge in [-0.2, -0.15) is 17.5 Å². The van der Waals surface area contributed by atoms with Crippen LogP contribution in [0, 0.1) is 0 Å². The number of hydrogen-bond acceptors (Lipinski definition) is 6. The number of hydrogen-bond donors (Lipinski definition) is 1. The standard InChI is InChI=1S/C23H26F3NO7S2/c1-3-10-35(30,31)16-11-15(23(24,25)26)12-17(13-16)36(32,33)27(2)20-8-4-7-19-18(20)6-5-9-21(19)34-14-22(28)29/h5-6,9,11-13,20H,3-4,7-8,10,14H2,1-2H3,(H,28,29)/t20-/m1/s1. The van der Waals surface area contributed by atoms with Gasteiger partial charge in [0.15, 0.2) is 16.4 Å². The lowest BCUT2D eigenvalue weighted by Gasteiger charge is -2.33. The second-order valence-electron chi connectivity index (χ2n) is 8.45. The van der Waals surface area contributed by atoms with E-state index in [4.69, 9.17) is 9.84 Å². The molecule has 8 nitrogen and oxygen atoms in total. The fourth-order valence-electron chi connectivity index (χ4n) is 4.23. The number of halogens is 3. The minimum Gasteiger partial charge on any atom is -0.482 e. The predicted molar refractivity (Wildman–Crippen MR) is 124 cm³/mol. The number of ether oxygens (including phenoxy) is 1. The van der Waals surface area contributed by atoms with E-state index in [2.05, 4.69) is 0 Å². The van der Waals surface area contributed by atoms with Gasteiger partial charge in [0.2, 0.25) is 10.0 Å². The first-order chi connectivity index (χ1) is 16.7. The Hall–Kier alpha value is -2.64. The lowest BCUT2D eigenvalue weighted by atomic mass is 9.87. The monoisotopic (exact) mass is 549 g/mol. The number of carboxylic acids is 1. The number of rotatable bonds is 9. The lowest BCUT2D eigenvalue weighted by Crippen LogP contribution is -2.34. The zero-order chi connectivity index (χ0) is 26.9. The van der Waals surface area contributed by atoms with Crippen molar-refractivity contribution in [3.63, 3.8) is 0 Å². The molecule has 1 aliphatic carbocycles.